The van der Waals surface area contributed by atoms with E-state index in [1.165, 1.54) is 22.9 Å². The molecule has 0 radical (unpaired) electrons. The Morgan fingerprint density at radius 2 is 2.16 bits per heavy atom. The standard InChI is InChI=1S/C21H21FN2O/c1-13-3-2-4-14(9-13)10-21(25)23-16-6-8-19-18(12-16)17-7-5-15(22)11-20(17)24-19/h2-5,7,9,11,16,24H,6,8,10,12H2,1H3,(H,23,25). The minimum absolute atomic E-state index is 0.0601. The zero-order chi connectivity index (χ0) is 17.4. The molecule has 4 heteroatoms. The van der Waals surface area contributed by atoms with Crippen molar-refractivity contribution in [3.63, 3.8) is 0 Å². The summed E-state index contributed by atoms with van der Waals surface area (Å²) in [6.45, 7) is 2.03. The Balaban J connectivity index is 1.47. The zero-order valence-electron chi connectivity index (χ0n) is 14.2. The summed E-state index contributed by atoms with van der Waals surface area (Å²) in [5.74, 6) is -0.168. The van der Waals surface area contributed by atoms with Gasteiger partial charge in [-0.25, -0.2) is 4.39 Å². The van der Waals surface area contributed by atoms with Crippen LogP contribution in [-0.4, -0.2) is 16.9 Å². The normalized spacial score (nSPS) is 16.6. The van der Waals surface area contributed by atoms with E-state index in [4.69, 9.17) is 0 Å². The van der Waals surface area contributed by atoms with Crippen LogP contribution >= 0.6 is 0 Å². The molecule has 1 heterocycles. The molecule has 0 fully saturated rings. The van der Waals surface area contributed by atoms with Gasteiger partial charge in [-0.05, 0) is 55.5 Å². The first-order chi connectivity index (χ1) is 12.1. The number of fused-ring (bicyclic) bond motifs is 3. The second-order valence-electron chi connectivity index (χ2n) is 6.95. The monoisotopic (exact) mass is 336 g/mol. The van der Waals surface area contributed by atoms with Gasteiger partial charge in [0.25, 0.3) is 0 Å². The highest BCUT2D eigenvalue weighted by atomic mass is 19.1. The number of nitrogens with one attached hydrogen (secondary N) is 2. The molecule has 0 spiro atoms. The van der Waals surface area contributed by atoms with Gasteiger partial charge in [-0.2, -0.15) is 0 Å². The molecule has 128 valence electrons. The van der Waals surface area contributed by atoms with Crippen LogP contribution in [0.2, 0.25) is 0 Å². The Morgan fingerprint density at radius 3 is 3.00 bits per heavy atom. The van der Waals surface area contributed by atoms with Gasteiger partial charge in [-0.3, -0.25) is 4.79 Å². The molecule has 1 atom stereocenters. The molecule has 25 heavy (non-hydrogen) atoms. The van der Waals surface area contributed by atoms with Crippen LogP contribution in [0.25, 0.3) is 10.9 Å². The number of amides is 1. The van der Waals surface area contributed by atoms with Gasteiger partial charge in [-0.1, -0.05) is 29.8 Å². The van der Waals surface area contributed by atoms with Crippen molar-refractivity contribution >= 4 is 16.8 Å². The number of rotatable bonds is 3. The van der Waals surface area contributed by atoms with Crippen LogP contribution in [0.1, 0.15) is 28.8 Å². The molecule has 2 aromatic carbocycles. The topological polar surface area (TPSA) is 44.9 Å². The molecule has 3 aromatic rings. The second kappa shape index (κ2) is 6.36. The molecule has 1 unspecified atom stereocenters. The quantitative estimate of drug-likeness (QED) is 0.750. The average molecular weight is 336 g/mol. The van der Waals surface area contributed by atoms with Crippen LogP contribution < -0.4 is 5.32 Å². The Hall–Kier alpha value is -2.62. The molecule has 0 saturated carbocycles. The molecule has 1 aliphatic carbocycles. The van der Waals surface area contributed by atoms with Gasteiger partial charge in [0.05, 0.1) is 6.42 Å². The van der Waals surface area contributed by atoms with E-state index in [0.29, 0.717) is 6.42 Å². The third kappa shape index (κ3) is 3.29. The van der Waals surface area contributed by atoms with Crippen LogP contribution in [0.3, 0.4) is 0 Å². The van der Waals surface area contributed by atoms with Gasteiger partial charge in [0.2, 0.25) is 5.91 Å². The number of halogens is 1. The predicted molar refractivity (Wildman–Crippen MR) is 97.1 cm³/mol. The summed E-state index contributed by atoms with van der Waals surface area (Å²) in [7, 11) is 0. The highest BCUT2D eigenvalue weighted by molar-refractivity contribution is 5.85. The molecule has 1 amide bonds. The van der Waals surface area contributed by atoms with Crippen molar-refractivity contribution in [2.75, 3.05) is 0 Å². The molecular weight excluding hydrogens is 315 g/mol. The third-order valence-corrected chi connectivity index (χ3v) is 4.96. The highest BCUT2D eigenvalue weighted by Crippen LogP contribution is 2.29. The maximum Gasteiger partial charge on any atom is 0.224 e. The van der Waals surface area contributed by atoms with Gasteiger partial charge < -0.3 is 10.3 Å². The van der Waals surface area contributed by atoms with Crippen molar-refractivity contribution in [1.82, 2.24) is 10.3 Å². The molecule has 1 aromatic heterocycles. The Kier molecular flexibility index (Phi) is 4.04. The summed E-state index contributed by atoms with van der Waals surface area (Å²) in [6, 6.07) is 13.0. The van der Waals surface area contributed by atoms with E-state index in [1.54, 1.807) is 6.07 Å². The van der Waals surface area contributed by atoms with Gasteiger partial charge in [-0.15, -0.1) is 0 Å². The first-order valence-electron chi connectivity index (χ1n) is 8.72. The Bertz CT molecular complexity index is 944. The van der Waals surface area contributed by atoms with Gasteiger partial charge >= 0.3 is 0 Å². The lowest BCUT2D eigenvalue weighted by atomic mass is 9.91. The summed E-state index contributed by atoms with van der Waals surface area (Å²) in [4.78, 5) is 15.7. The molecule has 0 aliphatic heterocycles. The lowest BCUT2D eigenvalue weighted by molar-refractivity contribution is -0.121. The minimum Gasteiger partial charge on any atom is -0.358 e. The van der Waals surface area contributed by atoms with Crippen molar-refractivity contribution in [3.05, 3.63) is 70.7 Å². The van der Waals surface area contributed by atoms with E-state index in [1.807, 2.05) is 37.3 Å². The Labute approximate surface area is 146 Å². The van der Waals surface area contributed by atoms with E-state index >= 15 is 0 Å². The smallest absolute Gasteiger partial charge is 0.224 e. The van der Waals surface area contributed by atoms with E-state index < -0.39 is 0 Å². The average Bonchev–Trinajstić information content (AvgIpc) is 2.91. The third-order valence-electron chi connectivity index (χ3n) is 4.96. The first-order valence-corrected chi connectivity index (χ1v) is 8.72. The summed E-state index contributed by atoms with van der Waals surface area (Å²) in [5.41, 5.74) is 5.43. The van der Waals surface area contributed by atoms with Crippen LogP contribution in [0.4, 0.5) is 4.39 Å². The first kappa shape index (κ1) is 15.9. The number of hydrogen-bond donors (Lipinski definition) is 2. The fourth-order valence-electron chi connectivity index (χ4n) is 3.81. The van der Waals surface area contributed by atoms with Crippen molar-refractivity contribution < 1.29 is 9.18 Å². The van der Waals surface area contributed by atoms with Crippen molar-refractivity contribution in [3.8, 4) is 0 Å². The van der Waals surface area contributed by atoms with Gasteiger partial charge in [0.15, 0.2) is 0 Å². The van der Waals surface area contributed by atoms with Crippen molar-refractivity contribution in [2.24, 2.45) is 0 Å². The highest BCUT2D eigenvalue weighted by Gasteiger charge is 2.23. The maximum atomic E-state index is 13.4. The number of hydrogen-bond acceptors (Lipinski definition) is 1. The van der Waals surface area contributed by atoms with Crippen molar-refractivity contribution in [2.45, 2.75) is 38.6 Å². The zero-order valence-corrected chi connectivity index (χ0v) is 14.2. The van der Waals surface area contributed by atoms with Crippen molar-refractivity contribution in [1.29, 1.82) is 0 Å². The van der Waals surface area contributed by atoms with Gasteiger partial charge in [0.1, 0.15) is 5.82 Å². The lowest BCUT2D eigenvalue weighted by Gasteiger charge is -2.23. The maximum absolute atomic E-state index is 13.4. The summed E-state index contributed by atoms with van der Waals surface area (Å²) >= 11 is 0. The van der Waals surface area contributed by atoms with E-state index in [-0.39, 0.29) is 17.8 Å². The number of carbonyl (C=O) groups excluding carboxylic acids is 1. The summed E-state index contributed by atoms with van der Waals surface area (Å²) in [6.07, 6.45) is 2.98. The van der Waals surface area contributed by atoms with Crippen LogP contribution in [0, 0.1) is 12.7 Å². The van der Waals surface area contributed by atoms with Crippen LogP contribution in [-0.2, 0) is 24.1 Å². The predicted octanol–water partition coefficient (Wildman–Crippen LogP) is 3.83. The summed E-state index contributed by atoms with van der Waals surface area (Å²) < 4.78 is 13.4. The number of aromatic amines is 1. The fraction of sp³-hybridized carbons (Fsp3) is 0.286. The fourth-order valence-corrected chi connectivity index (χ4v) is 3.81. The van der Waals surface area contributed by atoms with E-state index in [0.717, 1.165) is 35.7 Å². The summed E-state index contributed by atoms with van der Waals surface area (Å²) in [5, 5.41) is 4.23. The number of benzene rings is 2. The van der Waals surface area contributed by atoms with E-state index in [9.17, 15) is 9.18 Å². The molecule has 3 nitrogen and oxygen atoms in total. The SMILES string of the molecule is Cc1cccc(CC(=O)NC2CCc3[nH]c4cc(F)ccc4c3C2)c1. The van der Waals surface area contributed by atoms with Gasteiger partial charge in [0, 0.05) is 22.6 Å². The number of aryl methyl sites for hydroxylation is 2. The number of H-pyrrole nitrogens is 1. The molecule has 4 rings (SSSR count). The Morgan fingerprint density at radius 1 is 1.28 bits per heavy atom. The second-order valence-corrected chi connectivity index (χ2v) is 6.95. The molecule has 2 N–H and O–H groups in total. The number of aromatic nitrogens is 1. The molecule has 1 aliphatic rings. The van der Waals surface area contributed by atoms with E-state index in [2.05, 4.69) is 10.3 Å². The van der Waals surface area contributed by atoms with Crippen LogP contribution in [0.15, 0.2) is 42.5 Å². The molecule has 0 bridgehead atoms. The lowest BCUT2D eigenvalue weighted by Crippen LogP contribution is -2.39. The minimum atomic E-state index is -0.228. The molecule has 0 saturated heterocycles. The number of carbonyl (C=O) groups is 1. The van der Waals surface area contributed by atoms with Crippen LogP contribution in [0.5, 0.6) is 0 Å². The molecular formula is C21H21FN2O. The largest absolute Gasteiger partial charge is 0.358 e.